The summed E-state index contributed by atoms with van der Waals surface area (Å²) in [6.45, 7) is 1.49. The van der Waals surface area contributed by atoms with Gasteiger partial charge in [0.05, 0.1) is 12.7 Å². The van der Waals surface area contributed by atoms with Crippen LogP contribution in [0.3, 0.4) is 0 Å². The molecular weight excluding hydrogens is 356 g/mol. The molecule has 158 valence electrons. The Hall–Kier alpha value is -1.95. The maximum Gasteiger partial charge on any atom is 0.305 e. The standard InChI is InChI=1S/C23H36O5/c1-2-3-4-5-6-7-8-9-10-11-12-13-14-16-21(25)17-15-18-23(27)28-20-22(26)19-24/h3-4,6-7,9-10,12-14,16,21-22,24-26H,2,5,8,11,15,17-20H2,1H3/b4-3-,7-6-,10-9-,13-12-,16-14+/t21?,22-/m0/s1. The second kappa shape index (κ2) is 19.8. The van der Waals surface area contributed by atoms with Gasteiger partial charge >= 0.3 is 5.97 Å². The molecule has 0 radical (unpaired) electrons. The monoisotopic (exact) mass is 392 g/mol. The fourth-order valence-corrected chi connectivity index (χ4v) is 2.10. The van der Waals surface area contributed by atoms with Crippen molar-refractivity contribution in [1.82, 2.24) is 0 Å². The van der Waals surface area contributed by atoms with Gasteiger partial charge in [0.1, 0.15) is 12.7 Å². The number of aliphatic hydroxyl groups is 3. The Morgan fingerprint density at radius 1 is 0.929 bits per heavy atom. The Morgan fingerprint density at radius 2 is 1.54 bits per heavy atom. The molecule has 3 N–H and O–H groups in total. The number of allylic oxidation sites excluding steroid dienone is 9. The summed E-state index contributed by atoms with van der Waals surface area (Å²) in [6.07, 6.45) is 23.6. The number of carbonyl (C=O) groups is 1. The lowest BCUT2D eigenvalue weighted by molar-refractivity contribution is -0.147. The zero-order chi connectivity index (χ0) is 20.9. The molecule has 5 nitrogen and oxygen atoms in total. The van der Waals surface area contributed by atoms with Gasteiger partial charge in [-0.2, -0.15) is 0 Å². The van der Waals surface area contributed by atoms with E-state index in [1.54, 1.807) is 12.2 Å². The quantitative estimate of drug-likeness (QED) is 0.211. The van der Waals surface area contributed by atoms with E-state index in [-0.39, 0.29) is 13.0 Å². The van der Waals surface area contributed by atoms with Crippen molar-refractivity contribution in [3.63, 3.8) is 0 Å². The van der Waals surface area contributed by atoms with Gasteiger partial charge in [-0.1, -0.05) is 67.7 Å². The van der Waals surface area contributed by atoms with Gasteiger partial charge < -0.3 is 20.1 Å². The van der Waals surface area contributed by atoms with Crippen molar-refractivity contribution in [2.75, 3.05) is 13.2 Å². The molecule has 0 amide bonds. The van der Waals surface area contributed by atoms with E-state index < -0.39 is 24.8 Å². The SMILES string of the molecule is CC/C=C\C/C=C\C/C=C\C/C=C\C=C\C(O)CCCC(=O)OC[C@@H](O)CO. The average Bonchev–Trinajstić information content (AvgIpc) is 2.69. The van der Waals surface area contributed by atoms with E-state index in [0.29, 0.717) is 12.8 Å². The predicted molar refractivity (Wildman–Crippen MR) is 114 cm³/mol. The lowest BCUT2D eigenvalue weighted by Gasteiger charge is -2.09. The van der Waals surface area contributed by atoms with Crippen molar-refractivity contribution in [3.8, 4) is 0 Å². The van der Waals surface area contributed by atoms with Crippen molar-refractivity contribution in [1.29, 1.82) is 0 Å². The highest BCUT2D eigenvalue weighted by Gasteiger charge is 2.08. The predicted octanol–water partition coefficient (Wildman–Crippen LogP) is 3.78. The molecule has 0 aliphatic rings. The highest BCUT2D eigenvalue weighted by molar-refractivity contribution is 5.69. The number of carbonyl (C=O) groups excluding carboxylic acids is 1. The maximum absolute atomic E-state index is 11.4. The van der Waals surface area contributed by atoms with E-state index in [1.165, 1.54) is 0 Å². The Labute approximate surface area is 169 Å². The molecule has 1 unspecified atom stereocenters. The highest BCUT2D eigenvalue weighted by Crippen LogP contribution is 2.04. The molecule has 5 heteroatoms. The van der Waals surface area contributed by atoms with Crippen molar-refractivity contribution in [3.05, 3.63) is 60.8 Å². The summed E-state index contributed by atoms with van der Waals surface area (Å²) in [5.74, 6) is -0.442. The van der Waals surface area contributed by atoms with Gasteiger partial charge in [-0.3, -0.25) is 4.79 Å². The number of aliphatic hydroxyl groups excluding tert-OH is 3. The minimum Gasteiger partial charge on any atom is -0.463 e. The van der Waals surface area contributed by atoms with Crippen LogP contribution in [-0.2, 0) is 9.53 Å². The van der Waals surface area contributed by atoms with Crippen molar-refractivity contribution >= 4 is 5.97 Å². The maximum atomic E-state index is 11.4. The van der Waals surface area contributed by atoms with Crippen LogP contribution in [0.5, 0.6) is 0 Å². The zero-order valence-corrected chi connectivity index (χ0v) is 17.0. The van der Waals surface area contributed by atoms with Crippen LogP contribution in [0, 0.1) is 0 Å². The fourth-order valence-electron chi connectivity index (χ4n) is 2.10. The van der Waals surface area contributed by atoms with E-state index in [9.17, 15) is 9.90 Å². The van der Waals surface area contributed by atoms with Crippen LogP contribution < -0.4 is 0 Å². The molecule has 0 aromatic carbocycles. The first-order valence-corrected chi connectivity index (χ1v) is 10.0. The molecule has 0 aromatic heterocycles. The molecule has 0 aliphatic carbocycles. The van der Waals surface area contributed by atoms with E-state index >= 15 is 0 Å². The first-order valence-electron chi connectivity index (χ1n) is 10.0. The minimum absolute atomic E-state index is 0.174. The smallest absolute Gasteiger partial charge is 0.305 e. The van der Waals surface area contributed by atoms with Gasteiger partial charge in [-0.05, 0) is 38.5 Å². The Kier molecular flexibility index (Phi) is 18.4. The largest absolute Gasteiger partial charge is 0.463 e. The normalized spacial score (nSPS) is 14.9. The summed E-state index contributed by atoms with van der Waals surface area (Å²) in [6, 6.07) is 0. The van der Waals surface area contributed by atoms with Crippen LogP contribution in [0.2, 0.25) is 0 Å². The first-order chi connectivity index (χ1) is 13.6. The Morgan fingerprint density at radius 3 is 2.14 bits per heavy atom. The fraction of sp³-hybridized carbons (Fsp3) is 0.522. The van der Waals surface area contributed by atoms with Crippen LogP contribution in [0.25, 0.3) is 0 Å². The molecule has 0 heterocycles. The molecule has 28 heavy (non-hydrogen) atoms. The van der Waals surface area contributed by atoms with Gasteiger partial charge in [0.2, 0.25) is 0 Å². The topological polar surface area (TPSA) is 87.0 Å². The number of ether oxygens (including phenoxy) is 1. The molecule has 0 fully saturated rings. The third kappa shape index (κ3) is 18.8. The van der Waals surface area contributed by atoms with Crippen LogP contribution in [-0.4, -0.2) is 46.7 Å². The molecule has 0 rings (SSSR count). The minimum atomic E-state index is -1.04. The van der Waals surface area contributed by atoms with E-state index in [2.05, 4.69) is 43.4 Å². The van der Waals surface area contributed by atoms with Crippen LogP contribution in [0.1, 0.15) is 51.9 Å². The van der Waals surface area contributed by atoms with Gasteiger partial charge in [-0.15, -0.1) is 0 Å². The summed E-state index contributed by atoms with van der Waals surface area (Å²) in [5, 5.41) is 27.5. The van der Waals surface area contributed by atoms with Gasteiger partial charge in [0.15, 0.2) is 0 Å². The summed E-state index contributed by atoms with van der Waals surface area (Å²) in [7, 11) is 0. The molecule has 0 saturated carbocycles. The van der Waals surface area contributed by atoms with Crippen molar-refractivity contribution < 1.29 is 24.9 Å². The number of hydrogen-bond acceptors (Lipinski definition) is 5. The lowest BCUT2D eigenvalue weighted by Crippen LogP contribution is -2.21. The second-order valence-corrected chi connectivity index (χ2v) is 6.32. The Balaban J connectivity index is 3.72. The lowest BCUT2D eigenvalue weighted by atomic mass is 10.1. The first kappa shape index (κ1) is 26.1. The molecule has 0 aliphatic heterocycles. The molecule has 2 atom stereocenters. The summed E-state index contributed by atoms with van der Waals surface area (Å²) in [5.41, 5.74) is 0. The molecule has 0 spiro atoms. The summed E-state index contributed by atoms with van der Waals surface area (Å²) in [4.78, 5) is 11.4. The highest BCUT2D eigenvalue weighted by atomic mass is 16.5. The van der Waals surface area contributed by atoms with Crippen LogP contribution >= 0.6 is 0 Å². The zero-order valence-electron chi connectivity index (χ0n) is 17.0. The van der Waals surface area contributed by atoms with Gasteiger partial charge in [0, 0.05) is 6.42 Å². The third-order valence-corrected chi connectivity index (χ3v) is 3.66. The molecule has 0 aromatic rings. The number of rotatable bonds is 16. The third-order valence-electron chi connectivity index (χ3n) is 3.66. The number of esters is 1. The van der Waals surface area contributed by atoms with Crippen LogP contribution in [0.15, 0.2) is 60.8 Å². The number of hydrogen-bond donors (Lipinski definition) is 3. The second-order valence-electron chi connectivity index (χ2n) is 6.32. The van der Waals surface area contributed by atoms with Gasteiger partial charge in [0.25, 0.3) is 0 Å². The summed E-state index contributed by atoms with van der Waals surface area (Å²) < 4.78 is 4.79. The average molecular weight is 393 g/mol. The van der Waals surface area contributed by atoms with Gasteiger partial charge in [-0.25, -0.2) is 0 Å². The Bertz CT molecular complexity index is 517. The van der Waals surface area contributed by atoms with Crippen molar-refractivity contribution in [2.45, 2.75) is 64.1 Å². The van der Waals surface area contributed by atoms with Crippen LogP contribution in [0.4, 0.5) is 0 Å². The summed E-state index contributed by atoms with van der Waals surface area (Å²) >= 11 is 0. The van der Waals surface area contributed by atoms with E-state index in [4.69, 9.17) is 14.9 Å². The molecule has 0 saturated heterocycles. The molecular formula is C23H36O5. The van der Waals surface area contributed by atoms with Crippen molar-refractivity contribution in [2.24, 2.45) is 0 Å². The van der Waals surface area contributed by atoms with E-state index in [1.807, 2.05) is 12.2 Å². The van der Waals surface area contributed by atoms with E-state index in [0.717, 1.165) is 25.7 Å². The molecule has 0 bridgehead atoms.